The summed E-state index contributed by atoms with van der Waals surface area (Å²) < 4.78 is 0. The van der Waals surface area contributed by atoms with Gasteiger partial charge in [0.1, 0.15) is 0 Å². The zero-order valence-electron chi connectivity index (χ0n) is 12.2. The molecule has 1 aromatic rings. The van der Waals surface area contributed by atoms with Crippen LogP contribution in [0.3, 0.4) is 0 Å². The maximum atomic E-state index is 6.35. The van der Waals surface area contributed by atoms with Crippen molar-refractivity contribution in [2.75, 3.05) is 0 Å². The molecule has 0 saturated heterocycles. The van der Waals surface area contributed by atoms with Crippen molar-refractivity contribution in [2.45, 2.75) is 51.1 Å². The number of rotatable bonds is 3. The normalized spacial score (nSPS) is 40.0. The largest absolute Gasteiger partial charge is 0.307 e. The van der Waals surface area contributed by atoms with Gasteiger partial charge in [-0.3, -0.25) is 0 Å². The van der Waals surface area contributed by atoms with Gasteiger partial charge in [-0.1, -0.05) is 29.8 Å². The van der Waals surface area contributed by atoms with Crippen molar-refractivity contribution >= 4 is 11.6 Å². The van der Waals surface area contributed by atoms with E-state index >= 15 is 0 Å². The van der Waals surface area contributed by atoms with Crippen LogP contribution in [0.25, 0.3) is 0 Å². The second-order valence-corrected chi connectivity index (χ2v) is 7.77. The van der Waals surface area contributed by atoms with Crippen LogP contribution in [0.4, 0.5) is 0 Å². The first-order valence-corrected chi connectivity index (χ1v) is 8.59. The summed E-state index contributed by atoms with van der Waals surface area (Å²) in [6.45, 7) is 2.27. The molecule has 0 amide bonds. The number of hydrogen-bond donors (Lipinski definition) is 1. The molecule has 0 aromatic heterocycles. The van der Waals surface area contributed by atoms with E-state index in [2.05, 4.69) is 24.4 Å². The lowest BCUT2D eigenvalue weighted by atomic mass is 9.54. The van der Waals surface area contributed by atoms with Gasteiger partial charge < -0.3 is 5.32 Å². The van der Waals surface area contributed by atoms with Crippen LogP contribution in [0.15, 0.2) is 24.3 Å². The molecule has 1 atom stereocenters. The molecule has 0 unspecified atom stereocenters. The topological polar surface area (TPSA) is 12.0 Å². The summed E-state index contributed by atoms with van der Waals surface area (Å²) in [5.41, 5.74) is 1.25. The number of nitrogens with one attached hydrogen (secondary N) is 1. The molecule has 20 heavy (non-hydrogen) atoms. The van der Waals surface area contributed by atoms with Crippen LogP contribution in [0, 0.1) is 23.7 Å². The standard InChI is InChI=1S/C18H24ClN/c1-11(16-4-2-3-5-17(16)19)20-18-14-7-12-6-13(9-14)10-15(18)8-12/h2-5,11-15,18,20H,6-10H2,1H3/t11-,12?,13?,14?,15?,18?/m1/s1. The van der Waals surface area contributed by atoms with Gasteiger partial charge in [-0.15, -0.1) is 0 Å². The quantitative estimate of drug-likeness (QED) is 0.841. The van der Waals surface area contributed by atoms with Crippen molar-refractivity contribution < 1.29 is 0 Å². The minimum atomic E-state index is 0.367. The van der Waals surface area contributed by atoms with Gasteiger partial charge in [0.2, 0.25) is 0 Å². The smallest absolute Gasteiger partial charge is 0.0453 e. The molecule has 0 aliphatic heterocycles. The molecular weight excluding hydrogens is 266 g/mol. The highest BCUT2D eigenvalue weighted by atomic mass is 35.5. The minimum absolute atomic E-state index is 0.367. The van der Waals surface area contributed by atoms with E-state index < -0.39 is 0 Å². The Kier molecular flexibility index (Phi) is 3.31. The first-order chi connectivity index (χ1) is 9.70. The molecule has 108 valence electrons. The first-order valence-electron chi connectivity index (χ1n) is 8.21. The van der Waals surface area contributed by atoms with Gasteiger partial charge in [-0.25, -0.2) is 0 Å². The fourth-order valence-corrected chi connectivity index (χ4v) is 5.70. The third-order valence-electron chi connectivity index (χ3n) is 6.04. The van der Waals surface area contributed by atoms with Gasteiger partial charge in [0.05, 0.1) is 0 Å². The Labute approximate surface area is 127 Å². The summed E-state index contributed by atoms with van der Waals surface area (Å²) in [4.78, 5) is 0. The maximum Gasteiger partial charge on any atom is 0.0453 e. The van der Waals surface area contributed by atoms with E-state index in [1.165, 1.54) is 37.7 Å². The van der Waals surface area contributed by atoms with Crippen LogP contribution < -0.4 is 5.32 Å². The summed E-state index contributed by atoms with van der Waals surface area (Å²) in [6.07, 6.45) is 7.42. The minimum Gasteiger partial charge on any atom is -0.307 e. The Balaban J connectivity index is 1.50. The molecule has 0 spiro atoms. The van der Waals surface area contributed by atoms with E-state index in [9.17, 15) is 0 Å². The number of benzene rings is 1. The number of hydrogen-bond acceptors (Lipinski definition) is 1. The Morgan fingerprint density at radius 2 is 1.60 bits per heavy atom. The monoisotopic (exact) mass is 289 g/mol. The molecule has 1 N–H and O–H groups in total. The first kappa shape index (κ1) is 13.2. The van der Waals surface area contributed by atoms with Crippen molar-refractivity contribution in [1.82, 2.24) is 5.32 Å². The molecule has 4 fully saturated rings. The SMILES string of the molecule is C[C@@H](NC1C2CC3CC(C2)CC1C3)c1ccccc1Cl. The lowest BCUT2D eigenvalue weighted by Crippen LogP contribution is -2.54. The molecule has 0 radical (unpaired) electrons. The van der Waals surface area contributed by atoms with Crippen LogP contribution in [-0.2, 0) is 0 Å². The van der Waals surface area contributed by atoms with Crippen molar-refractivity contribution in [1.29, 1.82) is 0 Å². The van der Waals surface area contributed by atoms with Crippen molar-refractivity contribution in [3.8, 4) is 0 Å². The zero-order chi connectivity index (χ0) is 13.7. The zero-order valence-corrected chi connectivity index (χ0v) is 12.9. The number of halogens is 1. The second-order valence-electron chi connectivity index (χ2n) is 7.37. The molecule has 1 nitrogen and oxygen atoms in total. The van der Waals surface area contributed by atoms with Crippen LogP contribution in [-0.4, -0.2) is 6.04 Å². The molecular formula is C18H24ClN. The summed E-state index contributed by atoms with van der Waals surface area (Å²) >= 11 is 6.35. The molecule has 4 aliphatic rings. The summed E-state index contributed by atoms with van der Waals surface area (Å²) in [6, 6.07) is 9.38. The van der Waals surface area contributed by atoms with Gasteiger partial charge in [-0.05, 0) is 74.3 Å². The second kappa shape index (κ2) is 5.03. The predicted octanol–water partition coefficient (Wildman–Crippen LogP) is 4.82. The molecule has 5 rings (SSSR count). The average Bonchev–Trinajstić information content (AvgIpc) is 2.42. The third kappa shape index (κ3) is 2.19. The molecule has 1 aromatic carbocycles. The van der Waals surface area contributed by atoms with Crippen LogP contribution in [0.1, 0.15) is 50.6 Å². The van der Waals surface area contributed by atoms with Gasteiger partial charge >= 0.3 is 0 Å². The summed E-state index contributed by atoms with van der Waals surface area (Å²) in [5, 5.41) is 4.83. The van der Waals surface area contributed by atoms with Crippen LogP contribution in [0.2, 0.25) is 5.02 Å². The Morgan fingerprint density at radius 3 is 2.20 bits per heavy atom. The molecule has 0 heterocycles. The molecule has 2 heteroatoms. The van der Waals surface area contributed by atoms with E-state index in [0.29, 0.717) is 6.04 Å². The predicted molar refractivity (Wildman–Crippen MR) is 83.8 cm³/mol. The van der Waals surface area contributed by atoms with E-state index in [4.69, 9.17) is 11.6 Å². The van der Waals surface area contributed by atoms with Crippen molar-refractivity contribution in [2.24, 2.45) is 23.7 Å². The Morgan fingerprint density at radius 1 is 1.00 bits per heavy atom. The van der Waals surface area contributed by atoms with Gasteiger partial charge in [0.25, 0.3) is 0 Å². The molecule has 4 aliphatic carbocycles. The third-order valence-corrected chi connectivity index (χ3v) is 6.39. The maximum absolute atomic E-state index is 6.35. The summed E-state index contributed by atoms with van der Waals surface area (Å²) in [5.74, 6) is 3.95. The lowest BCUT2D eigenvalue weighted by Gasteiger charge is -2.55. The highest BCUT2D eigenvalue weighted by molar-refractivity contribution is 6.31. The van der Waals surface area contributed by atoms with Gasteiger partial charge in [0, 0.05) is 17.1 Å². The highest BCUT2D eigenvalue weighted by Gasteiger charge is 2.48. The van der Waals surface area contributed by atoms with E-state index in [1.54, 1.807) is 0 Å². The van der Waals surface area contributed by atoms with E-state index in [0.717, 1.165) is 34.7 Å². The van der Waals surface area contributed by atoms with Gasteiger partial charge in [0.15, 0.2) is 0 Å². The van der Waals surface area contributed by atoms with E-state index in [1.807, 2.05) is 12.1 Å². The Bertz CT molecular complexity index is 470. The lowest BCUT2D eigenvalue weighted by molar-refractivity contribution is -0.0171. The molecule has 4 bridgehead atoms. The fraction of sp³-hybridized carbons (Fsp3) is 0.667. The van der Waals surface area contributed by atoms with Gasteiger partial charge in [-0.2, -0.15) is 0 Å². The Hall–Kier alpha value is -0.530. The average molecular weight is 290 g/mol. The van der Waals surface area contributed by atoms with Crippen molar-refractivity contribution in [3.05, 3.63) is 34.9 Å². The highest BCUT2D eigenvalue weighted by Crippen LogP contribution is 2.54. The molecule has 4 saturated carbocycles. The van der Waals surface area contributed by atoms with Crippen molar-refractivity contribution in [3.63, 3.8) is 0 Å². The summed E-state index contributed by atoms with van der Waals surface area (Å²) in [7, 11) is 0. The van der Waals surface area contributed by atoms with E-state index in [-0.39, 0.29) is 0 Å². The fourth-order valence-electron chi connectivity index (χ4n) is 5.40. The van der Waals surface area contributed by atoms with Crippen LogP contribution in [0.5, 0.6) is 0 Å². The van der Waals surface area contributed by atoms with Crippen LogP contribution >= 0.6 is 11.6 Å².